The lowest BCUT2D eigenvalue weighted by Crippen LogP contribution is -1.90. The van der Waals surface area contributed by atoms with E-state index in [1.165, 1.54) is 0 Å². The monoisotopic (exact) mass is 255 g/mol. The zero-order chi connectivity index (χ0) is 11.5. The summed E-state index contributed by atoms with van der Waals surface area (Å²) in [5.74, 6) is -0.324. The summed E-state index contributed by atoms with van der Waals surface area (Å²) in [6.45, 7) is 2.06. The Balaban J connectivity index is 2.23. The summed E-state index contributed by atoms with van der Waals surface area (Å²) in [6.07, 6.45) is 3.29. The van der Waals surface area contributed by atoms with Gasteiger partial charge in [-0.15, -0.1) is 11.3 Å². The first kappa shape index (κ1) is 11.6. The Morgan fingerprint density at radius 3 is 2.94 bits per heavy atom. The van der Waals surface area contributed by atoms with Crippen LogP contribution in [-0.2, 0) is 12.8 Å². The number of thiazole rings is 1. The normalized spacial score (nSPS) is 10.7. The standard InChI is InChI=1S/C12H11ClFNS/c1-2-11-15-7-9(16-11)6-8-4-3-5-10(13)12(8)14/h3-5,7H,2,6H2,1H3. The minimum atomic E-state index is -0.324. The zero-order valence-corrected chi connectivity index (χ0v) is 10.4. The molecule has 0 bridgehead atoms. The van der Waals surface area contributed by atoms with Crippen molar-refractivity contribution >= 4 is 22.9 Å². The predicted octanol–water partition coefficient (Wildman–Crippen LogP) is 4.09. The number of rotatable bonds is 3. The third-order valence-electron chi connectivity index (χ3n) is 2.30. The van der Waals surface area contributed by atoms with Crippen LogP contribution in [-0.4, -0.2) is 4.98 Å². The topological polar surface area (TPSA) is 12.9 Å². The number of aryl methyl sites for hydroxylation is 1. The molecule has 0 fully saturated rings. The Morgan fingerprint density at radius 1 is 1.44 bits per heavy atom. The maximum atomic E-state index is 13.6. The number of hydrogen-bond donors (Lipinski definition) is 0. The van der Waals surface area contributed by atoms with E-state index in [9.17, 15) is 4.39 Å². The van der Waals surface area contributed by atoms with Gasteiger partial charge in [0.1, 0.15) is 5.82 Å². The number of nitrogens with zero attached hydrogens (tertiary/aromatic N) is 1. The van der Waals surface area contributed by atoms with Crippen LogP contribution < -0.4 is 0 Å². The van der Waals surface area contributed by atoms with E-state index in [0.717, 1.165) is 16.3 Å². The number of halogens is 2. The third-order valence-corrected chi connectivity index (χ3v) is 3.73. The molecule has 0 saturated carbocycles. The smallest absolute Gasteiger partial charge is 0.145 e. The molecule has 1 heterocycles. The van der Waals surface area contributed by atoms with E-state index in [0.29, 0.717) is 12.0 Å². The lowest BCUT2D eigenvalue weighted by Gasteiger charge is -2.01. The molecule has 1 aromatic heterocycles. The van der Waals surface area contributed by atoms with Gasteiger partial charge in [-0.3, -0.25) is 0 Å². The molecule has 1 nitrogen and oxygen atoms in total. The van der Waals surface area contributed by atoms with E-state index in [2.05, 4.69) is 11.9 Å². The second kappa shape index (κ2) is 4.93. The van der Waals surface area contributed by atoms with Gasteiger partial charge in [-0.25, -0.2) is 9.37 Å². The predicted molar refractivity (Wildman–Crippen MR) is 65.7 cm³/mol. The molecular weight excluding hydrogens is 245 g/mol. The summed E-state index contributed by atoms with van der Waals surface area (Å²) in [5.41, 5.74) is 0.624. The van der Waals surface area contributed by atoms with Gasteiger partial charge in [-0.1, -0.05) is 30.7 Å². The minimum Gasteiger partial charge on any atom is -0.249 e. The fraction of sp³-hybridized carbons (Fsp3) is 0.250. The van der Waals surface area contributed by atoms with Crippen LogP contribution >= 0.6 is 22.9 Å². The summed E-state index contributed by atoms with van der Waals surface area (Å²) in [6, 6.07) is 5.08. The number of aromatic nitrogens is 1. The first-order valence-electron chi connectivity index (χ1n) is 5.07. The SMILES string of the molecule is CCc1ncc(Cc2cccc(Cl)c2F)s1. The van der Waals surface area contributed by atoms with E-state index >= 15 is 0 Å². The largest absolute Gasteiger partial charge is 0.249 e. The molecule has 84 valence electrons. The molecule has 2 aromatic rings. The van der Waals surface area contributed by atoms with Gasteiger partial charge in [0.2, 0.25) is 0 Å². The van der Waals surface area contributed by atoms with Gasteiger partial charge in [-0.05, 0) is 18.1 Å². The summed E-state index contributed by atoms with van der Waals surface area (Å²) in [7, 11) is 0. The highest BCUT2D eigenvalue weighted by Gasteiger charge is 2.08. The Hall–Kier alpha value is -0.930. The maximum Gasteiger partial charge on any atom is 0.145 e. The van der Waals surface area contributed by atoms with Crippen molar-refractivity contribution in [2.45, 2.75) is 19.8 Å². The first-order chi connectivity index (χ1) is 7.70. The zero-order valence-electron chi connectivity index (χ0n) is 8.84. The van der Waals surface area contributed by atoms with Crippen molar-refractivity contribution in [2.24, 2.45) is 0 Å². The second-order valence-electron chi connectivity index (χ2n) is 3.46. The third kappa shape index (κ3) is 2.42. The molecule has 0 radical (unpaired) electrons. The van der Waals surface area contributed by atoms with Crippen molar-refractivity contribution in [2.75, 3.05) is 0 Å². The molecule has 2 rings (SSSR count). The molecule has 0 unspecified atom stereocenters. The van der Waals surface area contributed by atoms with Gasteiger partial charge in [0.15, 0.2) is 0 Å². The lowest BCUT2D eigenvalue weighted by atomic mass is 10.1. The van der Waals surface area contributed by atoms with E-state index in [-0.39, 0.29) is 10.8 Å². The van der Waals surface area contributed by atoms with Crippen LogP contribution in [0.5, 0.6) is 0 Å². The highest BCUT2D eigenvalue weighted by atomic mass is 35.5. The van der Waals surface area contributed by atoms with Crippen molar-refractivity contribution in [1.29, 1.82) is 0 Å². The van der Waals surface area contributed by atoms with Crippen molar-refractivity contribution in [3.8, 4) is 0 Å². The fourth-order valence-corrected chi connectivity index (χ4v) is 2.55. The molecule has 0 atom stereocenters. The van der Waals surface area contributed by atoms with Gasteiger partial charge in [0, 0.05) is 17.5 Å². The maximum absolute atomic E-state index is 13.6. The van der Waals surface area contributed by atoms with Gasteiger partial charge >= 0.3 is 0 Å². The van der Waals surface area contributed by atoms with Crippen molar-refractivity contribution in [3.63, 3.8) is 0 Å². The molecule has 0 aliphatic rings. The summed E-state index contributed by atoms with van der Waals surface area (Å²) in [4.78, 5) is 5.31. The van der Waals surface area contributed by atoms with E-state index in [4.69, 9.17) is 11.6 Å². The van der Waals surface area contributed by atoms with Crippen LogP contribution in [0.15, 0.2) is 24.4 Å². The Labute approximate surface area is 103 Å². The van der Waals surface area contributed by atoms with Gasteiger partial charge in [0.05, 0.1) is 10.0 Å². The molecule has 0 amide bonds. The van der Waals surface area contributed by atoms with E-state index in [1.807, 2.05) is 6.20 Å². The molecule has 0 spiro atoms. The molecular formula is C12H11ClFNS. The highest BCUT2D eigenvalue weighted by Crippen LogP contribution is 2.23. The van der Waals surface area contributed by atoms with Crippen molar-refractivity contribution in [1.82, 2.24) is 4.98 Å². The molecule has 0 aliphatic heterocycles. The Morgan fingerprint density at radius 2 is 2.25 bits per heavy atom. The number of benzene rings is 1. The molecule has 0 aliphatic carbocycles. The average Bonchev–Trinajstić information content (AvgIpc) is 2.73. The molecule has 1 aromatic carbocycles. The van der Waals surface area contributed by atoms with Crippen LogP contribution in [0.1, 0.15) is 22.4 Å². The van der Waals surface area contributed by atoms with Crippen LogP contribution in [0, 0.1) is 5.82 Å². The van der Waals surface area contributed by atoms with Crippen LogP contribution in [0.3, 0.4) is 0 Å². The summed E-state index contributed by atoms with van der Waals surface area (Å²) in [5, 5.41) is 1.26. The fourth-order valence-electron chi connectivity index (χ4n) is 1.47. The summed E-state index contributed by atoms with van der Waals surface area (Å²) < 4.78 is 13.6. The molecule has 0 N–H and O–H groups in total. The molecule has 0 saturated heterocycles. The number of hydrogen-bond acceptors (Lipinski definition) is 2. The van der Waals surface area contributed by atoms with E-state index < -0.39 is 0 Å². The van der Waals surface area contributed by atoms with Crippen LogP contribution in [0.2, 0.25) is 5.02 Å². The quantitative estimate of drug-likeness (QED) is 0.805. The molecule has 16 heavy (non-hydrogen) atoms. The Bertz CT molecular complexity index is 496. The lowest BCUT2D eigenvalue weighted by molar-refractivity contribution is 0.615. The summed E-state index contributed by atoms with van der Waals surface area (Å²) >= 11 is 7.35. The van der Waals surface area contributed by atoms with Gasteiger partial charge in [-0.2, -0.15) is 0 Å². The van der Waals surface area contributed by atoms with E-state index in [1.54, 1.807) is 29.5 Å². The Kier molecular flexibility index (Phi) is 3.56. The van der Waals surface area contributed by atoms with Gasteiger partial charge < -0.3 is 0 Å². The molecule has 4 heteroatoms. The second-order valence-corrected chi connectivity index (χ2v) is 5.07. The van der Waals surface area contributed by atoms with Gasteiger partial charge in [0.25, 0.3) is 0 Å². The van der Waals surface area contributed by atoms with Crippen LogP contribution in [0.4, 0.5) is 4.39 Å². The minimum absolute atomic E-state index is 0.178. The first-order valence-corrected chi connectivity index (χ1v) is 6.26. The average molecular weight is 256 g/mol. The highest BCUT2D eigenvalue weighted by molar-refractivity contribution is 7.11. The van der Waals surface area contributed by atoms with Crippen molar-refractivity contribution in [3.05, 3.63) is 50.7 Å². The van der Waals surface area contributed by atoms with Crippen LogP contribution in [0.25, 0.3) is 0 Å². The van der Waals surface area contributed by atoms with Crippen molar-refractivity contribution < 1.29 is 4.39 Å².